The molecule has 2 N–H and O–H groups in total. The zero-order valence-corrected chi connectivity index (χ0v) is 16.1. The van der Waals surface area contributed by atoms with Gasteiger partial charge < -0.3 is 20.1 Å². The summed E-state index contributed by atoms with van der Waals surface area (Å²) in [5, 5.41) is 6.28. The molecular formula is C17H24IN3O2. The molecule has 23 heavy (non-hydrogen) atoms. The van der Waals surface area contributed by atoms with Crippen molar-refractivity contribution >= 4 is 29.9 Å². The molecule has 0 saturated carbocycles. The van der Waals surface area contributed by atoms with E-state index in [4.69, 9.17) is 15.9 Å². The number of guanidine groups is 1. The quantitative estimate of drug-likeness (QED) is 0.327. The lowest BCUT2D eigenvalue weighted by Gasteiger charge is -2.24. The molecule has 0 aliphatic carbocycles. The van der Waals surface area contributed by atoms with E-state index in [1.54, 1.807) is 0 Å². The Bertz CT molecular complexity index is 594. The molecule has 0 amide bonds. The summed E-state index contributed by atoms with van der Waals surface area (Å²) in [4.78, 5) is 4.62. The number of hydrogen-bond acceptors (Lipinski definition) is 3. The van der Waals surface area contributed by atoms with Gasteiger partial charge in [0.15, 0.2) is 17.5 Å². The number of halogens is 1. The fourth-order valence-electron chi connectivity index (χ4n) is 2.16. The lowest BCUT2D eigenvalue weighted by atomic mass is 9.84. The number of nitrogens with one attached hydrogen (secondary N) is 2. The van der Waals surface area contributed by atoms with Crippen molar-refractivity contribution in [1.29, 1.82) is 0 Å². The van der Waals surface area contributed by atoms with Crippen molar-refractivity contribution < 1.29 is 9.47 Å². The van der Waals surface area contributed by atoms with Crippen LogP contribution >= 0.6 is 24.0 Å². The average Bonchev–Trinajstić information content (AvgIpc) is 2.97. The number of nitrogens with zero attached hydrogens (tertiary/aromatic N) is 1. The molecule has 6 heteroatoms. The van der Waals surface area contributed by atoms with Gasteiger partial charge in [0.05, 0.1) is 13.1 Å². The van der Waals surface area contributed by atoms with Crippen molar-refractivity contribution in [3.05, 3.63) is 23.8 Å². The van der Waals surface area contributed by atoms with Crippen molar-refractivity contribution in [2.75, 3.05) is 26.4 Å². The molecule has 0 aromatic heterocycles. The van der Waals surface area contributed by atoms with Gasteiger partial charge in [0.2, 0.25) is 6.79 Å². The van der Waals surface area contributed by atoms with Gasteiger partial charge in [-0.2, -0.15) is 0 Å². The third-order valence-electron chi connectivity index (χ3n) is 3.49. The van der Waals surface area contributed by atoms with Gasteiger partial charge in [-0.15, -0.1) is 30.4 Å². The van der Waals surface area contributed by atoms with Crippen molar-refractivity contribution in [2.45, 2.75) is 26.2 Å². The summed E-state index contributed by atoms with van der Waals surface area (Å²) in [5.41, 5.74) is 1.03. The predicted octanol–water partition coefficient (Wildman–Crippen LogP) is 2.50. The van der Waals surface area contributed by atoms with E-state index >= 15 is 0 Å². The highest BCUT2D eigenvalue weighted by Crippen LogP contribution is 2.36. The van der Waals surface area contributed by atoms with Gasteiger partial charge in [-0.25, -0.2) is 0 Å². The fourth-order valence-corrected chi connectivity index (χ4v) is 2.16. The smallest absolute Gasteiger partial charge is 0.231 e. The van der Waals surface area contributed by atoms with Crippen LogP contribution in [0.25, 0.3) is 0 Å². The van der Waals surface area contributed by atoms with Gasteiger partial charge in [0, 0.05) is 12.0 Å². The largest absolute Gasteiger partial charge is 0.454 e. The number of benzene rings is 1. The summed E-state index contributed by atoms with van der Waals surface area (Å²) in [7, 11) is 0. The van der Waals surface area contributed by atoms with Crippen LogP contribution in [0.1, 0.15) is 26.3 Å². The van der Waals surface area contributed by atoms with Crippen LogP contribution in [-0.4, -0.2) is 32.4 Å². The van der Waals surface area contributed by atoms with Crippen molar-refractivity contribution in [3.63, 3.8) is 0 Å². The average molecular weight is 429 g/mol. The van der Waals surface area contributed by atoms with E-state index in [0.717, 1.165) is 29.6 Å². The Balaban J connectivity index is 0.00000264. The standard InChI is InChI=1S/C17H23N3O2.HI/c1-5-9-19-16(18-6-2)20-11-17(3,4)13-7-8-14-15(10-13)22-12-21-14;/h1,7-8,10H,6,9,11-12H2,2-4H3,(H2,18,19,20);1H. The van der Waals surface area contributed by atoms with E-state index in [-0.39, 0.29) is 36.2 Å². The summed E-state index contributed by atoms with van der Waals surface area (Å²) in [6.07, 6.45) is 5.28. The molecule has 1 heterocycles. The molecule has 126 valence electrons. The highest BCUT2D eigenvalue weighted by Gasteiger charge is 2.24. The summed E-state index contributed by atoms with van der Waals surface area (Å²) in [6.45, 7) is 8.50. The molecule has 1 aromatic rings. The Morgan fingerprint density at radius 1 is 1.30 bits per heavy atom. The molecule has 0 unspecified atom stereocenters. The van der Waals surface area contributed by atoms with Gasteiger partial charge in [-0.1, -0.05) is 25.8 Å². The molecule has 1 aliphatic heterocycles. The summed E-state index contributed by atoms with van der Waals surface area (Å²) < 4.78 is 10.8. The van der Waals surface area contributed by atoms with Crippen molar-refractivity contribution in [1.82, 2.24) is 10.6 Å². The van der Waals surface area contributed by atoms with E-state index in [2.05, 4.69) is 41.5 Å². The van der Waals surface area contributed by atoms with Crippen molar-refractivity contribution in [2.24, 2.45) is 4.99 Å². The minimum atomic E-state index is -0.126. The first-order valence-corrected chi connectivity index (χ1v) is 7.42. The number of fused-ring (bicyclic) bond motifs is 1. The second kappa shape index (κ2) is 8.87. The van der Waals surface area contributed by atoms with Crippen LogP contribution in [0.15, 0.2) is 23.2 Å². The van der Waals surface area contributed by atoms with Crippen LogP contribution in [0.4, 0.5) is 0 Å². The number of hydrogen-bond donors (Lipinski definition) is 2. The molecule has 0 radical (unpaired) electrons. The first-order chi connectivity index (χ1) is 10.6. The van der Waals surface area contributed by atoms with Crippen LogP contribution in [-0.2, 0) is 5.41 Å². The topological polar surface area (TPSA) is 54.9 Å². The van der Waals surface area contributed by atoms with Gasteiger partial charge >= 0.3 is 0 Å². The zero-order chi connectivity index (χ0) is 16.0. The maximum atomic E-state index is 5.45. The molecule has 0 spiro atoms. The molecule has 0 atom stereocenters. The summed E-state index contributed by atoms with van der Waals surface area (Å²) >= 11 is 0. The predicted molar refractivity (Wildman–Crippen MR) is 104 cm³/mol. The fraction of sp³-hybridized carbons (Fsp3) is 0.471. The Labute approximate surface area is 155 Å². The second-order valence-electron chi connectivity index (χ2n) is 5.70. The normalized spacial score (nSPS) is 13.0. The number of ether oxygens (including phenoxy) is 2. The molecule has 0 bridgehead atoms. The Morgan fingerprint density at radius 2 is 2.04 bits per heavy atom. The molecule has 0 fully saturated rings. The lowest BCUT2D eigenvalue weighted by Crippen LogP contribution is -2.38. The number of aliphatic imine (C=N–C) groups is 1. The van der Waals surface area contributed by atoms with Gasteiger partial charge in [-0.05, 0) is 24.6 Å². The Hall–Kier alpha value is -1.62. The first kappa shape index (κ1) is 19.4. The monoisotopic (exact) mass is 429 g/mol. The van der Waals surface area contributed by atoms with Gasteiger partial charge in [0.1, 0.15) is 0 Å². The SMILES string of the molecule is C#CCNC(=NCC(C)(C)c1ccc2c(c1)OCO2)NCC.I. The molecule has 0 saturated heterocycles. The second-order valence-corrected chi connectivity index (χ2v) is 5.70. The number of rotatable bonds is 5. The maximum absolute atomic E-state index is 5.45. The van der Waals surface area contributed by atoms with Crippen LogP contribution < -0.4 is 20.1 Å². The van der Waals surface area contributed by atoms with Crippen molar-refractivity contribution in [3.8, 4) is 23.8 Å². The van der Waals surface area contributed by atoms with E-state index in [0.29, 0.717) is 13.1 Å². The molecule has 1 aliphatic rings. The van der Waals surface area contributed by atoms with E-state index in [9.17, 15) is 0 Å². The van der Waals surface area contributed by atoms with Crippen LogP contribution in [0.5, 0.6) is 11.5 Å². The number of terminal acetylenes is 1. The van der Waals surface area contributed by atoms with Crippen LogP contribution in [0.3, 0.4) is 0 Å². The molecule has 2 rings (SSSR count). The van der Waals surface area contributed by atoms with Gasteiger partial charge in [-0.3, -0.25) is 4.99 Å². The maximum Gasteiger partial charge on any atom is 0.231 e. The zero-order valence-electron chi connectivity index (χ0n) is 13.8. The summed E-state index contributed by atoms with van der Waals surface area (Å²) in [6, 6.07) is 6.04. The Morgan fingerprint density at radius 3 is 2.74 bits per heavy atom. The third-order valence-corrected chi connectivity index (χ3v) is 3.49. The van der Waals surface area contributed by atoms with E-state index in [1.165, 1.54) is 0 Å². The molecule has 1 aromatic carbocycles. The summed E-state index contributed by atoms with van der Waals surface area (Å²) in [5.74, 6) is 4.88. The Kier molecular flexibility index (Phi) is 7.49. The highest BCUT2D eigenvalue weighted by atomic mass is 127. The molecule has 5 nitrogen and oxygen atoms in total. The molecular weight excluding hydrogens is 405 g/mol. The van der Waals surface area contributed by atoms with Crippen LogP contribution in [0, 0.1) is 12.3 Å². The van der Waals surface area contributed by atoms with E-state index < -0.39 is 0 Å². The third kappa shape index (κ3) is 5.20. The first-order valence-electron chi connectivity index (χ1n) is 7.42. The van der Waals surface area contributed by atoms with Crippen LogP contribution in [0.2, 0.25) is 0 Å². The minimum absolute atomic E-state index is 0. The van der Waals surface area contributed by atoms with E-state index in [1.807, 2.05) is 19.1 Å². The lowest BCUT2D eigenvalue weighted by molar-refractivity contribution is 0.174. The highest BCUT2D eigenvalue weighted by molar-refractivity contribution is 14.0. The minimum Gasteiger partial charge on any atom is -0.454 e. The van der Waals surface area contributed by atoms with Gasteiger partial charge in [0.25, 0.3) is 0 Å².